The average Bonchev–Trinajstić information content (AvgIpc) is 2.42. The van der Waals surface area contributed by atoms with E-state index in [1.807, 2.05) is 34.6 Å². The Labute approximate surface area is 116 Å². The third-order valence-corrected chi connectivity index (χ3v) is 1.89. The van der Waals surface area contributed by atoms with E-state index < -0.39 is 0 Å². The number of nitrogens with zero attached hydrogens (tertiary/aromatic N) is 1. The van der Waals surface area contributed by atoms with Crippen molar-refractivity contribution in [3.63, 3.8) is 0 Å². The third kappa shape index (κ3) is 24.9. The first kappa shape index (κ1) is 23.0. The lowest BCUT2D eigenvalue weighted by Gasteiger charge is -2.21. The van der Waals surface area contributed by atoms with Crippen LogP contribution in [-0.4, -0.2) is 51.5 Å². The highest BCUT2D eigenvalue weighted by molar-refractivity contribution is 4.53. The van der Waals surface area contributed by atoms with Crippen LogP contribution in [0.4, 0.5) is 0 Å². The minimum atomic E-state index is 0.681. The quantitative estimate of drug-likeness (QED) is 0.775. The largest absolute Gasteiger partial charge is 0.381 e. The maximum absolute atomic E-state index is 5.10. The predicted molar refractivity (Wildman–Crippen MR) is 82.3 cm³/mol. The van der Waals surface area contributed by atoms with Gasteiger partial charge in [-0.1, -0.05) is 41.5 Å². The summed E-state index contributed by atoms with van der Waals surface area (Å²) in [6.07, 6.45) is 0. The molecule has 1 rings (SSSR count). The summed E-state index contributed by atoms with van der Waals surface area (Å²) in [7, 11) is 2.11. The molecule has 0 atom stereocenters. The van der Waals surface area contributed by atoms with Crippen molar-refractivity contribution >= 4 is 0 Å². The zero-order valence-electron chi connectivity index (χ0n) is 14.1. The van der Waals surface area contributed by atoms with E-state index in [0.29, 0.717) is 5.92 Å². The summed E-state index contributed by atoms with van der Waals surface area (Å²) in [5, 5.41) is 0. The summed E-state index contributed by atoms with van der Waals surface area (Å²) in [4.78, 5) is 2.27. The molecule has 3 heteroatoms. The van der Waals surface area contributed by atoms with Gasteiger partial charge in [-0.25, -0.2) is 0 Å². The van der Waals surface area contributed by atoms with Crippen LogP contribution >= 0.6 is 0 Å². The Morgan fingerprint density at radius 2 is 1.50 bits per heavy atom. The fourth-order valence-corrected chi connectivity index (χ4v) is 1.01. The molecule has 18 heavy (non-hydrogen) atoms. The fourth-order valence-electron chi connectivity index (χ4n) is 1.01. The van der Waals surface area contributed by atoms with Crippen molar-refractivity contribution in [2.45, 2.75) is 48.5 Å². The fraction of sp³-hybridized carbons (Fsp3) is 1.00. The van der Waals surface area contributed by atoms with Crippen molar-refractivity contribution in [3.8, 4) is 0 Å². The van der Waals surface area contributed by atoms with Crippen LogP contribution in [-0.2, 0) is 9.47 Å². The van der Waals surface area contributed by atoms with E-state index in [0.717, 1.165) is 39.5 Å². The molecule has 0 N–H and O–H groups in total. The average molecular weight is 263 g/mol. The van der Waals surface area contributed by atoms with Crippen LogP contribution in [0, 0.1) is 5.92 Å². The Bertz CT molecular complexity index is 113. The topological polar surface area (TPSA) is 21.7 Å². The van der Waals surface area contributed by atoms with Gasteiger partial charge < -0.3 is 14.4 Å². The molecule has 0 bridgehead atoms. The predicted octanol–water partition coefficient (Wildman–Crippen LogP) is 3.68. The van der Waals surface area contributed by atoms with E-state index in [4.69, 9.17) is 9.47 Å². The van der Waals surface area contributed by atoms with Crippen LogP contribution in [0.2, 0.25) is 0 Å². The Morgan fingerprint density at radius 3 is 1.67 bits per heavy atom. The molecule has 0 amide bonds. The number of hydrogen-bond donors (Lipinski definition) is 0. The first-order chi connectivity index (χ1) is 8.66. The van der Waals surface area contributed by atoms with Crippen LogP contribution < -0.4 is 0 Å². The van der Waals surface area contributed by atoms with Crippen LogP contribution in [0.5, 0.6) is 0 Å². The molecule has 0 unspecified atom stereocenters. The second-order valence-electron chi connectivity index (χ2n) is 3.97. The van der Waals surface area contributed by atoms with Gasteiger partial charge in [0.1, 0.15) is 0 Å². The van der Waals surface area contributed by atoms with Crippen molar-refractivity contribution in [1.29, 1.82) is 0 Å². The molecule has 0 radical (unpaired) electrons. The minimum Gasteiger partial charge on any atom is -0.381 e. The van der Waals surface area contributed by atoms with E-state index in [-0.39, 0.29) is 0 Å². The van der Waals surface area contributed by atoms with Gasteiger partial charge in [0.25, 0.3) is 0 Å². The van der Waals surface area contributed by atoms with Gasteiger partial charge in [0.15, 0.2) is 0 Å². The van der Waals surface area contributed by atoms with Gasteiger partial charge >= 0.3 is 0 Å². The molecule has 0 saturated carbocycles. The monoisotopic (exact) mass is 263 g/mol. The summed E-state index contributed by atoms with van der Waals surface area (Å²) < 4.78 is 10.2. The molecule has 3 nitrogen and oxygen atoms in total. The third-order valence-electron chi connectivity index (χ3n) is 1.89. The SMILES string of the molecule is CC.CC.CCOCC(C)C.CN1CCOCC1. The number of morpholine rings is 1. The molecule has 1 fully saturated rings. The second kappa shape index (κ2) is 22.1. The van der Waals surface area contributed by atoms with E-state index in [1.54, 1.807) is 0 Å². The van der Waals surface area contributed by atoms with Crippen molar-refractivity contribution in [2.24, 2.45) is 5.92 Å². The molecule has 1 heterocycles. The van der Waals surface area contributed by atoms with Gasteiger partial charge in [-0.3, -0.25) is 0 Å². The maximum atomic E-state index is 5.10. The van der Waals surface area contributed by atoms with E-state index in [1.165, 1.54) is 0 Å². The second-order valence-corrected chi connectivity index (χ2v) is 3.97. The number of rotatable bonds is 3. The zero-order valence-corrected chi connectivity index (χ0v) is 14.1. The summed E-state index contributed by atoms with van der Waals surface area (Å²) >= 11 is 0. The highest BCUT2D eigenvalue weighted by Gasteiger charge is 2.02. The van der Waals surface area contributed by atoms with Crippen LogP contribution in [0.15, 0.2) is 0 Å². The molecule has 114 valence electrons. The van der Waals surface area contributed by atoms with Gasteiger partial charge in [-0.2, -0.15) is 0 Å². The Morgan fingerprint density at radius 1 is 1.06 bits per heavy atom. The summed E-state index contributed by atoms with van der Waals surface area (Å²) in [5.74, 6) is 0.681. The Balaban J connectivity index is -0.000000196. The molecule has 0 aromatic rings. The van der Waals surface area contributed by atoms with Crippen LogP contribution in [0.3, 0.4) is 0 Å². The first-order valence-corrected chi connectivity index (χ1v) is 7.50. The molecular formula is C15H37NO2. The highest BCUT2D eigenvalue weighted by Crippen LogP contribution is 1.90. The number of ether oxygens (including phenoxy) is 2. The Kier molecular flexibility index (Phi) is 28.2. The van der Waals surface area contributed by atoms with Crippen LogP contribution in [0.25, 0.3) is 0 Å². The molecule has 0 aromatic carbocycles. The smallest absolute Gasteiger partial charge is 0.0594 e. The summed E-state index contributed by atoms with van der Waals surface area (Å²) in [5.41, 5.74) is 0. The van der Waals surface area contributed by atoms with Crippen molar-refractivity contribution in [3.05, 3.63) is 0 Å². The maximum Gasteiger partial charge on any atom is 0.0594 e. The van der Waals surface area contributed by atoms with Crippen molar-refractivity contribution in [1.82, 2.24) is 4.90 Å². The first-order valence-electron chi connectivity index (χ1n) is 7.50. The summed E-state index contributed by atoms with van der Waals surface area (Å²) in [6, 6.07) is 0. The van der Waals surface area contributed by atoms with Gasteiger partial charge in [0.2, 0.25) is 0 Å². The van der Waals surface area contributed by atoms with Gasteiger partial charge in [0.05, 0.1) is 13.2 Å². The lowest BCUT2D eigenvalue weighted by atomic mass is 10.2. The lowest BCUT2D eigenvalue weighted by molar-refractivity contribution is 0.0503. The number of hydrogen-bond acceptors (Lipinski definition) is 3. The molecule has 1 aliphatic rings. The van der Waals surface area contributed by atoms with E-state index in [9.17, 15) is 0 Å². The molecular weight excluding hydrogens is 226 g/mol. The normalized spacial score (nSPS) is 14.5. The minimum absolute atomic E-state index is 0.681. The van der Waals surface area contributed by atoms with Crippen molar-refractivity contribution < 1.29 is 9.47 Å². The lowest BCUT2D eigenvalue weighted by Crippen LogP contribution is -2.32. The van der Waals surface area contributed by atoms with E-state index in [2.05, 4.69) is 25.8 Å². The van der Waals surface area contributed by atoms with Crippen molar-refractivity contribution in [2.75, 3.05) is 46.6 Å². The van der Waals surface area contributed by atoms with E-state index >= 15 is 0 Å². The molecule has 1 aliphatic heterocycles. The number of likely N-dealkylation sites (N-methyl/N-ethyl adjacent to an activating group) is 1. The zero-order chi connectivity index (χ0) is 14.8. The van der Waals surface area contributed by atoms with Gasteiger partial charge in [-0.05, 0) is 19.9 Å². The van der Waals surface area contributed by atoms with Gasteiger partial charge in [0, 0.05) is 26.3 Å². The molecule has 0 spiro atoms. The summed E-state index contributed by atoms with van der Waals surface area (Å²) in [6.45, 7) is 20.1. The molecule has 0 aliphatic carbocycles. The Hall–Kier alpha value is -0.120. The van der Waals surface area contributed by atoms with Gasteiger partial charge in [-0.15, -0.1) is 0 Å². The molecule has 0 aromatic heterocycles. The van der Waals surface area contributed by atoms with Crippen LogP contribution in [0.1, 0.15) is 48.5 Å². The highest BCUT2D eigenvalue weighted by atomic mass is 16.5. The molecule has 1 saturated heterocycles. The standard InChI is InChI=1S/C6H14O.C5H11NO.2C2H6/c1-4-7-5-6(2)3;1-6-2-4-7-5-3-6;2*1-2/h6H,4-5H2,1-3H3;2-5H2,1H3;2*1-2H3.